The lowest BCUT2D eigenvalue weighted by molar-refractivity contribution is 0.0730. The van der Waals surface area contributed by atoms with Gasteiger partial charge < -0.3 is 10.1 Å². The number of nitrogens with one attached hydrogen (secondary N) is 1. The summed E-state index contributed by atoms with van der Waals surface area (Å²) in [6.45, 7) is 1.65. The number of ether oxygens (including phenoxy) is 1. The van der Waals surface area contributed by atoms with Crippen molar-refractivity contribution in [2.75, 3.05) is 38.2 Å². The molecule has 1 fully saturated rings. The van der Waals surface area contributed by atoms with Crippen LogP contribution >= 0.6 is 22.6 Å². The molecule has 6 nitrogen and oxygen atoms in total. The van der Waals surface area contributed by atoms with Crippen LogP contribution in [0, 0.1) is 3.57 Å². The monoisotopic (exact) mass is 486 g/mol. The Morgan fingerprint density at radius 1 is 1.12 bits per heavy atom. The van der Waals surface area contributed by atoms with Crippen LogP contribution < -0.4 is 5.32 Å². The van der Waals surface area contributed by atoms with Gasteiger partial charge >= 0.3 is 0 Å². The first-order chi connectivity index (χ1) is 12.5. The minimum atomic E-state index is -3.54. The molecule has 2 aromatic carbocycles. The molecule has 0 atom stereocenters. The van der Waals surface area contributed by atoms with Gasteiger partial charge in [-0.3, -0.25) is 4.79 Å². The van der Waals surface area contributed by atoms with Gasteiger partial charge in [0.25, 0.3) is 0 Å². The molecule has 0 amide bonds. The summed E-state index contributed by atoms with van der Waals surface area (Å²) in [7, 11) is -3.54. The molecule has 8 heteroatoms. The van der Waals surface area contributed by atoms with Gasteiger partial charge in [0.05, 0.1) is 24.7 Å². The van der Waals surface area contributed by atoms with Crippen LogP contribution in [0.1, 0.15) is 10.4 Å². The molecule has 1 N–H and O–H groups in total. The average molecular weight is 486 g/mol. The van der Waals surface area contributed by atoms with Gasteiger partial charge in [0.1, 0.15) is 0 Å². The third-order valence-electron chi connectivity index (χ3n) is 4.06. The van der Waals surface area contributed by atoms with E-state index < -0.39 is 10.0 Å². The number of carbonyl (C=O) groups excluding carboxylic acids is 1. The molecule has 1 aliphatic rings. The van der Waals surface area contributed by atoms with Crippen molar-refractivity contribution >= 4 is 44.1 Å². The molecule has 0 spiro atoms. The van der Waals surface area contributed by atoms with Gasteiger partial charge in [0.2, 0.25) is 10.0 Å². The van der Waals surface area contributed by atoms with Gasteiger partial charge in [0.15, 0.2) is 5.78 Å². The molecule has 3 rings (SSSR count). The number of rotatable bonds is 6. The Morgan fingerprint density at radius 3 is 2.46 bits per heavy atom. The molecule has 1 aliphatic heterocycles. The van der Waals surface area contributed by atoms with Crippen LogP contribution in [0.2, 0.25) is 0 Å². The summed E-state index contributed by atoms with van der Waals surface area (Å²) in [6.07, 6.45) is 0. The second-order valence-corrected chi connectivity index (χ2v) is 9.01. The van der Waals surface area contributed by atoms with E-state index in [0.717, 1.165) is 9.26 Å². The van der Waals surface area contributed by atoms with Crippen LogP contribution in [0.5, 0.6) is 0 Å². The summed E-state index contributed by atoms with van der Waals surface area (Å²) in [4.78, 5) is 12.5. The number of Topliss-reactive ketones (excluding diaryl/α,β-unsaturated/α-hetero) is 1. The molecule has 26 heavy (non-hydrogen) atoms. The maximum absolute atomic E-state index is 12.6. The van der Waals surface area contributed by atoms with E-state index in [1.54, 1.807) is 12.1 Å². The lowest BCUT2D eigenvalue weighted by Crippen LogP contribution is -2.40. The third kappa shape index (κ3) is 4.61. The Bertz CT molecular complexity index is 878. The molecular formula is C18H19IN2O4S. The number of sulfonamides is 1. The summed E-state index contributed by atoms with van der Waals surface area (Å²) >= 11 is 2.21. The van der Waals surface area contributed by atoms with Gasteiger partial charge in [-0.15, -0.1) is 0 Å². The van der Waals surface area contributed by atoms with E-state index in [0.29, 0.717) is 31.9 Å². The van der Waals surface area contributed by atoms with E-state index in [9.17, 15) is 13.2 Å². The Kier molecular flexibility index (Phi) is 6.28. The number of nitrogens with zero attached hydrogens (tertiary/aromatic N) is 1. The average Bonchev–Trinajstić information content (AvgIpc) is 2.67. The number of anilines is 1. The minimum Gasteiger partial charge on any atom is -0.379 e. The van der Waals surface area contributed by atoms with Crippen molar-refractivity contribution in [2.24, 2.45) is 0 Å². The van der Waals surface area contributed by atoms with E-state index in [-0.39, 0.29) is 17.2 Å². The van der Waals surface area contributed by atoms with Crippen LogP contribution in [0.4, 0.5) is 5.69 Å². The number of carbonyl (C=O) groups is 1. The first kappa shape index (κ1) is 19.3. The maximum Gasteiger partial charge on any atom is 0.243 e. The predicted octanol–water partition coefficient (Wildman–Crippen LogP) is 2.61. The summed E-state index contributed by atoms with van der Waals surface area (Å²) in [5.41, 5.74) is 1.35. The highest BCUT2D eigenvalue weighted by molar-refractivity contribution is 14.1. The molecule has 0 saturated carbocycles. The van der Waals surface area contributed by atoms with Gasteiger partial charge in [-0.25, -0.2) is 8.42 Å². The second-order valence-electron chi connectivity index (χ2n) is 5.83. The molecule has 0 aliphatic carbocycles. The molecule has 0 radical (unpaired) electrons. The number of benzene rings is 2. The van der Waals surface area contributed by atoms with Crippen molar-refractivity contribution in [1.82, 2.24) is 4.31 Å². The Labute approximate surface area is 166 Å². The van der Waals surface area contributed by atoms with E-state index in [2.05, 4.69) is 27.9 Å². The zero-order valence-corrected chi connectivity index (χ0v) is 17.0. The fourth-order valence-electron chi connectivity index (χ4n) is 2.63. The lowest BCUT2D eigenvalue weighted by Gasteiger charge is -2.26. The van der Waals surface area contributed by atoms with E-state index in [1.165, 1.54) is 16.4 Å². The van der Waals surface area contributed by atoms with Crippen LogP contribution in [0.15, 0.2) is 53.4 Å². The Balaban J connectivity index is 1.65. The van der Waals surface area contributed by atoms with Crippen molar-refractivity contribution < 1.29 is 17.9 Å². The number of morpholine rings is 1. The quantitative estimate of drug-likeness (QED) is 0.502. The fourth-order valence-corrected chi connectivity index (χ4v) is 4.58. The summed E-state index contributed by atoms with van der Waals surface area (Å²) in [5, 5.41) is 3.09. The Hall–Kier alpha value is -1.49. The zero-order valence-electron chi connectivity index (χ0n) is 14.0. The fraction of sp³-hybridized carbons (Fsp3) is 0.278. The first-order valence-corrected chi connectivity index (χ1v) is 10.7. The maximum atomic E-state index is 12.6. The summed E-state index contributed by atoms with van der Waals surface area (Å²) < 4.78 is 32.9. The highest BCUT2D eigenvalue weighted by Gasteiger charge is 2.26. The topological polar surface area (TPSA) is 75.7 Å². The molecule has 2 aromatic rings. The third-order valence-corrected chi connectivity index (χ3v) is 6.65. The van der Waals surface area contributed by atoms with Crippen LogP contribution in [-0.2, 0) is 14.8 Å². The smallest absolute Gasteiger partial charge is 0.243 e. The normalized spacial score (nSPS) is 15.6. The van der Waals surface area contributed by atoms with Crippen LogP contribution in [0.3, 0.4) is 0 Å². The molecule has 138 valence electrons. The molecular weight excluding hydrogens is 467 g/mol. The largest absolute Gasteiger partial charge is 0.379 e. The first-order valence-electron chi connectivity index (χ1n) is 8.17. The Morgan fingerprint density at radius 2 is 1.81 bits per heavy atom. The van der Waals surface area contributed by atoms with E-state index in [4.69, 9.17) is 4.74 Å². The minimum absolute atomic E-state index is 0.0980. The SMILES string of the molecule is O=C(CNc1cccc(I)c1)c1ccc(S(=O)(=O)N2CCOCC2)cc1. The molecule has 0 aromatic heterocycles. The highest BCUT2D eigenvalue weighted by Crippen LogP contribution is 2.18. The van der Waals surface area contributed by atoms with E-state index >= 15 is 0 Å². The summed E-state index contributed by atoms with van der Waals surface area (Å²) in [5.74, 6) is -0.0980. The van der Waals surface area contributed by atoms with Crippen LogP contribution in [-0.4, -0.2) is 51.4 Å². The number of hydrogen-bond donors (Lipinski definition) is 1. The van der Waals surface area contributed by atoms with Gasteiger partial charge in [-0.2, -0.15) is 4.31 Å². The lowest BCUT2D eigenvalue weighted by atomic mass is 10.1. The number of ketones is 1. The zero-order chi connectivity index (χ0) is 18.6. The van der Waals surface area contributed by atoms with Gasteiger partial charge in [0, 0.05) is 27.9 Å². The second kappa shape index (κ2) is 8.47. The summed E-state index contributed by atoms with van der Waals surface area (Å²) in [6, 6.07) is 13.8. The standard InChI is InChI=1S/C18H19IN2O4S/c19-15-2-1-3-16(12-15)20-13-18(22)14-4-6-17(7-5-14)26(23,24)21-8-10-25-11-9-21/h1-7,12,20H,8-11,13H2. The van der Waals surface area contributed by atoms with Gasteiger partial charge in [-0.05, 0) is 65.1 Å². The van der Waals surface area contributed by atoms with Crippen LogP contribution in [0.25, 0.3) is 0 Å². The molecule has 1 saturated heterocycles. The number of hydrogen-bond acceptors (Lipinski definition) is 5. The van der Waals surface area contributed by atoms with Crippen molar-refractivity contribution in [3.63, 3.8) is 0 Å². The molecule has 0 unspecified atom stereocenters. The van der Waals surface area contributed by atoms with Crippen molar-refractivity contribution in [3.8, 4) is 0 Å². The molecule has 0 bridgehead atoms. The van der Waals surface area contributed by atoms with Crippen molar-refractivity contribution in [3.05, 3.63) is 57.7 Å². The molecule has 1 heterocycles. The van der Waals surface area contributed by atoms with E-state index in [1.807, 2.05) is 24.3 Å². The predicted molar refractivity (Wildman–Crippen MR) is 108 cm³/mol. The van der Waals surface area contributed by atoms with Crippen molar-refractivity contribution in [1.29, 1.82) is 0 Å². The number of halogens is 1. The van der Waals surface area contributed by atoms with Crippen molar-refractivity contribution in [2.45, 2.75) is 4.90 Å². The highest BCUT2D eigenvalue weighted by atomic mass is 127. The van der Waals surface area contributed by atoms with Gasteiger partial charge in [-0.1, -0.05) is 6.07 Å².